The maximum atomic E-state index is 11.5. The zero-order valence-electron chi connectivity index (χ0n) is 11.5. The molecule has 1 aliphatic rings. The molecule has 0 aromatic rings. The summed E-state index contributed by atoms with van der Waals surface area (Å²) in [5.74, 6) is 6.20. The van der Waals surface area contributed by atoms with Gasteiger partial charge in [0.05, 0.1) is 0 Å². The summed E-state index contributed by atoms with van der Waals surface area (Å²) in [7, 11) is 0. The van der Waals surface area contributed by atoms with Crippen LogP contribution in [0.15, 0.2) is 0 Å². The maximum absolute atomic E-state index is 11.5. The fraction of sp³-hybridized carbons (Fsp3) is 0.800. The summed E-state index contributed by atoms with van der Waals surface area (Å²) in [5.41, 5.74) is 0. The molecule has 1 amide bonds. The molecule has 0 saturated carbocycles. The Morgan fingerprint density at radius 1 is 1.33 bits per heavy atom. The Labute approximate surface area is 111 Å². The van der Waals surface area contributed by atoms with Crippen LogP contribution in [0.25, 0.3) is 0 Å². The SMILES string of the molecule is CCCCCNC(=O)COC1C#CCCCCC1. The van der Waals surface area contributed by atoms with Gasteiger partial charge in [-0.25, -0.2) is 0 Å². The Morgan fingerprint density at radius 2 is 2.22 bits per heavy atom. The van der Waals surface area contributed by atoms with Gasteiger partial charge in [-0.15, -0.1) is 5.92 Å². The predicted molar refractivity (Wildman–Crippen MR) is 73.1 cm³/mol. The van der Waals surface area contributed by atoms with Crippen LogP contribution in [0.4, 0.5) is 0 Å². The minimum atomic E-state index is -0.0494. The molecule has 18 heavy (non-hydrogen) atoms. The van der Waals surface area contributed by atoms with Gasteiger partial charge in [0, 0.05) is 13.0 Å². The first-order chi connectivity index (χ1) is 8.83. The largest absolute Gasteiger partial charge is 0.356 e. The van der Waals surface area contributed by atoms with Crippen molar-refractivity contribution in [1.82, 2.24) is 5.32 Å². The molecule has 0 radical (unpaired) electrons. The minimum Gasteiger partial charge on any atom is -0.356 e. The fourth-order valence-electron chi connectivity index (χ4n) is 1.93. The predicted octanol–water partition coefficient (Wildman–Crippen LogP) is 2.65. The van der Waals surface area contributed by atoms with Crippen LogP contribution in [0.2, 0.25) is 0 Å². The summed E-state index contributed by atoms with van der Waals surface area (Å²) in [5, 5.41) is 2.87. The van der Waals surface area contributed by atoms with E-state index < -0.39 is 0 Å². The van der Waals surface area contributed by atoms with E-state index in [0.717, 1.165) is 38.6 Å². The van der Waals surface area contributed by atoms with Crippen LogP contribution in [-0.4, -0.2) is 25.2 Å². The zero-order chi connectivity index (χ0) is 13.1. The van der Waals surface area contributed by atoms with Crippen molar-refractivity contribution in [3.05, 3.63) is 0 Å². The molecule has 0 fully saturated rings. The van der Waals surface area contributed by atoms with E-state index in [4.69, 9.17) is 4.74 Å². The van der Waals surface area contributed by atoms with Gasteiger partial charge < -0.3 is 10.1 Å². The number of ether oxygens (including phenoxy) is 1. The van der Waals surface area contributed by atoms with Crippen LogP contribution in [0.3, 0.4) is 0 Å². The standard InChI is InChI=1S/C15H25NO2/c1-2-3-9-12-16-15(17)13-18-14-10-7-5-4-6-8-11-14/h14H,2-7,9-10,12-13H2,1H3,(H,16,17). The highest BCUT2D eigenvalue weighted by Gasteiger charge is 2.09. The Morgan fingerprint density at radius 3 is 3.06 bits per heavy atom. The van der Waals surface area contributed by atoms with E-state index >= 15 is 0 Å². The molecule has 0 aliphatic heterocycles. The Balaban J connectivity index is 2.12. The molecule has 1 atom stereocenters. The second kappa shape index (κ2) is 9.96. The van der Waals surface area contributed by atoms with E-state index in [9.17, 15) is 4.79 Å². The van der Waals surface area contributed by atoms with E-state index in [1.807, 2.05) is 0 Å². The molecule has 1 aliphatic carbocycles. The van der Waals surface area contributed by atoms with Gasteiger partial charge in [0.25, 0.3) is 0 Å². The van der Waals surface area contributed by atoms with Crippen molar-refractivity contribution < 1.29 is 9.53 Å². The van der Waals surface area contributed by atoms with Crippen LogP contribution < -0.4 is 5.32 Å². The number of hydrogen-bond acceptors (Lipinski definition) is 2. The van der Waals surface area contributed by atoms with Crippen LogP contribution in [-0.2, 0) is 9.53 Å². The van der Waals surface area contributed by atoms with E-state index in [-0.39, 0.29) is 18.6 Å². The lowest BCUT2D eigenvalue weighted by Crippen LogP contribution is -2.30. The Hall–Kier alpha value is -1.01. The second-order valence-electron chi connectivity index (χ2n) is 4.78. The molecule has 3 heteroatoms. The molecule has 0 spiro atoms. The summed E-state index contributed by atoms with van der Waals surface area (Å²) >= 11 is 0. The molecule has 0 aromatic heterocycles. The molecule has 0 aromatic carbocycles. The third-order valence-corrected chi connectivity index (χ3v) is 3.05. The van der Waals surface area contributed by atoms with Crippen molar-refractivity contribution in [3.8, 4) is 11.8 Å². The first kappa shape index (κ1) is 15.0. The van der Waals surface area contributed by atoms with Crippen molar-refractivity contribution in [1.29, 1.82) is 0 Å². The summed E-state index contributed by atoms with van der Waals surface area (Å²) in [6, 6.07) is 0. The lowest BCUT2D eigenvalue weighted by molar-refractivity contribution is -0.126. The topological polar surface area (TPSA) is 38.3 Å². The van der Waals surface area contributed by atoms with Crippen LogP contribution in [0, 0.1) is 11.8 Å². The number of nitrogens with one attached hydrogen (secondary N) is 1. The quantitative estimate of drug-likeness (QED) is 0.558. The normalized spacial score (nSPS) is 19.3. The van der Waals surface area contributed by atoms with Gasteiger partial charge in [-0.3, -0.25) is 4.79 Å². The summed E-state index contributed by atoms with van der Waals surface area (Å²) < 4.78 is 5.55. The monoisotopic (exact) mass is 251 g/mol. The molecule has 1 rings (SSSR count). The number of hydrogen-bond donors (Lipinski definition) is 1. The van der Waals surface area contributed by atoms with Crippen molar-refractivity contribution in [2.75, 3.05) is 13.2 Å². The van der Waals surface area contributed by atoms with Gasteiger partial charge >= 0.3 is 0 Å². The van der Waals surface area contributed by atoms with Crippen molar-refractivity contribution in [2.45, 2.75) is 64.4 Å². The van der Waals surface area contributed by atoms with E-state index in [2.05, 4.69) is 24.1 Å². The number of carbonyl (C=O) groups is 1. The van der Waals surface area contributed by atoms with Crippen molar-refractivity contribution in [3.63, 3.8) is 0 Å². The van der Waals surface area contributed by atoms with Crippen molar-refractivity contribution >= 4 is 5.91 Å². The lowest BCUT2D eigenvalue weighted by atomic mass is 10.1. The van der Waals surface area contributed by atoms with Gasteiger partial charge in [0.1, 0.15) is 12.7 Å². The lowest BCUT2D eigenvalue weighted by Gasteiger charge is -2.13. The molecule has 0 saturated heterocycles. The first-order valence-electron chi connectivity index (χ1n) is 7.19. The van der Waals surface area contributed by atoms with Gasteiger partial charge in [-0.1, -0.05) is 32.1 Å². The number of unbranched alkanes of at least 4 members (excludes halogenated alkanes) is 2. The molecular formula is C15H25NO2. The van der Waals surface area contributed by atoms with Crippen LogP contribution >= 0.6 is 0 Å². The Bertz CT molecular complexity index is 291. The van der Waals surface area contributed by atoms with Gasteiger partial charge in [0.15, 0.2) is 0 Å². The third kappa shape index (κ3) is 7.34. The average Bonchev–Trinajstić information content (AvgIpc) is 2.33. The van der Waals surface area contributed by atoms with Crippen LogP contribution in [0.1, 0.15) is 58.3 Å². The smallest absolute Gasteiger partial charge is 0.246 e. The van der Waals surface area contributed by atoms with Gasteiger partial charge in [-0.2, -0.15) is 0 Å². The number of amides is 1. The fourth-order valence-corrected chi connectivity index (χ4v) is 1.93. The highest BCUT2D eigenvalue weighted by Crippen LogP contribution is 2.10. The molecule has 1 unspecified atom stereocenters. The van der Waals surface area contributed by atoms with Crippen molar-refractivity contribution in [2.24, 2.45) is 0 Å². The van der Waals surface area contributed by atoms with Crippen LogP contribution in [0.5, 0.6) is 0 Å². The molecule has 3 nitrogen and oxygen atoms in total. The summed E-state index contributed by atoms with van der Waals surface area (Å²) in [6.45, 7) is 3.05. The first-order valence-corrected chi connectivity index (χ1v) is 7.19. The van der Waals surface area contributed by atoms with E-state index in [1.165, 1.54) is 19.3 Å². The molecule has 1 N–H and O–H groups in total. The highest BCUT2D eigenvalue weighted by molar-refractivity contribution is 5.77. The molecule has 102 valence electrons. The Kier molecular flexibility index (Phi) is 8.33. The maximum Gasteiger partial charge on any atom is 0.246 e. The second-order valence-corrected chi connectivity index (χ2v) is 4.78. The number of carbonyl (C=O) groups excluding carboxylic acids is 1. The van der Waals surface area contributed by atoms with E-state index in [1.54, 1.807) is 0 Å². The molecule has 0 heterocycles. The van der Waals surface area contributed by atoms with E-state index in [0.29, 0.717) is 0 Å². The highest BCUT2D eigenvalue weighted by atomic mass is 16.5. The zero-order valence-corrected chi connectivity index (χ0v) is 11.5. The molecular weight excluding hydrogens is 226 g/mol. The average molecular weight is 251 g/mol. The van der Waals surface area contributed by atoms with Gasteiger partial charge in [0.2, 0.25) is 5.91 Å². The third-order valence-electron chi connectivity index (χ3n) is 3.05. The molecule has 0 bridgehead atoms. The summed E-state index contributed by atoms with van der Waals surface area (Å²) in [4.78, 5) is 11.5. The minimum absolute atomic E-state index is 0.0186. The number of rotatable bonds is 7. The van der Waals surface area contributed by atoms with Gasteiger partial charge in [-0.05, 0) is 25.7 Å². The summed E-state index contributed by atoms with van der Waals surface area (Å²) in [6.07, 6.45) is 8.81.